The van der Waals surface area contributed by atoms with Gasteiger partial charge in [0.1, 0.15) is 11.1 Å². The van der Waals surface area contributed by atoms with Crippen LogP contribution >= 0.6 is 11.8 Å². The van der Waals surface area contributed by atoms with E-state index >= 15 is 0 Å². The molecule has 178 valence electrons. The van der Waals surface area contributed by atoms with Gasteiger partial charge in [-0.05, 0) is 54.8 Å². The number of Topliss-reactive ketones (excluding diaryl/α,β-unsaturated/α-hetero) is 1. The first kappa shape index (κ1) is 22.7. The van der Waals surface area contributed by atoms with Gasteiger partial charge in [0.25, 0.3) is 0 Å². The lowest BCUT2D eigenvalue weighted by atomic mass is 9.89. The molecule has 9 heteroatoms. The molecule has 0 amide bonds. The third-order valence-electron chi connectivity index (χ3n) is 6.59. The Bertz CT molecular complexity index is 1180. The van der Waals surface area contributed by atoms with Gasteiger partial charge >= 0.3 is 0 Å². The van der Waals surface area contributed by atoms with Crippen molar-refractivity contribution in [3.63, 3.8) is 0 Å². The van der Waals surface area contributed by atoms with E-state index < -0.39 is 5.25 Å². The van der Waals surface area contributed by atoms with Crippen LogP contribution in [0.2, 0.25) is 0 Å². The van der Waals surface area contributed by atoms with Gasteiger partial charge in [-0.2, -0.15) is 0 Å². The lowest BCUT2D eigenvalue weighted by molar-refractivity contribution is 0.0980. The number of aromatic nitrogens is 3. The molecule has 0 radical (unpaired) electrons. The minimum absolute atomic E-state index is 0.106. The molecule has 1 aromatic heterocycles. The third-order valence-corrected chi connectivity index (χ3v) is 7.80. The van der Waals surface area contributed by atoms with Crippen LogP contribution in [-0.2, 0) is 0 Å². The fourth-order valence-electron chi connectivity index (χ4n) is 4.77. The van der Waals surface area contributed by atoms with Crippen molar-refractivity contribution < 1.29 is 18.7 Å². The zero-order valence-electron chi connectivity index (χ0n) is 19.2. The first-order valence-corrected chi connectivity index (χ1v) is 12.4. The van der Waals surface area contributed by atoms with Crippen LogP contribution in [0.5, 0.6) is 11.5 Å². The topological polar surface area (TPSA) is 78.3 Å². The Hall–Kier alpha value is -3.07. The van der Waals surface area contributed by atoms with Crippen LogP contribution in [-0.4, -0.2) is 40.1 Å². The Morgan fingerprint density at radius 3 is 2.47 bits per heavy atom. The van der Waals surface area contributed by atoms with E-state index in [1.165, 1.54) is 55.3 Å². The monoisotopic (exact) mass is 482 g/mol. The number of ether oxygens (including phenoxy) is 2. The average molecular weight is 483 g/mol. The highest BCUT2D eigenvalue weighted by atomic mass is 32.2. The van der Waals surface area contributed by atoms with Crippen molar-refractivity contribution in [2.24, 2.45) is 0 Å². The number of fused-ring (bicyclic) bond motifs is 1. The molecular weight excluding hydrogens is 455 g/mol. The largest absolute Gasteiger partial charge is 0.493 e. The van der Waals surface area contributed by atoms with E-state index in [1.54, 1.807) is 14.2 Å². The molecule has 0 bridgehead atoms. The van der Waals surface area contributed by atoms with Crippen molar-refractivity contribution in [3.05, 3.63) is 65.2 Å². The molecule has 34 heavy (non-hydrogen) atoms. The zero-order valence-corrected chi connectivity index (χ0v) is 20.0. The van der Waals surface area contributed by atoms with Crippen LogP contribution in [0.4, 0.5) is 4.39 Å². The van der Waals surface area contributed by atoms with Gasteiger partial charge in [0.2, 0.25) is 5.16 Å². The number of ketones is 1. The smallest absolute Gasteiger partial charge is 0.210 e. The van der Waals surface area contributed by atoms with Crippen LogP contribution in [0, 0.1) is 5.82 Å². The first-order chi connectivity index (χ1) is 16.6. The molecule has 1 N–H and O–H groups in total. The van der Waals surface area contributed by atoms with Crippen LogP contribution in [0.1, 0.15) is 65.8 Å². The number of thioether (sulfide) groups is 1. The van der Waals surface area contributed by atoms with Crippen LogP contribution in [0.25, 0.3) is 0 Å². The van der Waals surface area contributed by atoms with E-state index in [0.29, 0.717) is 28.1 Å². The number of benzene rings is 2. The Balaban J connectivity index is 1.55. The van der Waals surface area contributed by atoms with Gasteiger partial charge in [0.15, 0.2) is 23.1 Å². The summed E-state index contributed by atoms with van der Waals surface area (Å²) in [5.41, 5.74) is 4.86. The summed E-state index contributed by atoms with van der Waals surface area (Å²) in [5.74, 6) is 1.98. The second-order valence-corrected chi connectivity index (χ2v) is 9.75. The highest BCUT2D eigenvalue weighted by Gasteiger charge is 2.39. The minimum Gasteiger partial charge on any atom is -0.493 e. The van der Waals surface area contributed by atoms with Crippen LogP contribution < -0.4 is 14.9 Å². The number of nitrogens with zero attached hydrogens (tertiary/aromatic N) is 3. The molecule has 2 aromatic carbocycles. The fourth-order valence-corrected chi connectivity index (χ4v) is 5.94. The Morgan fingerprint density at radius 1 is 1.03 bits per heavy atom. The SMILES string of the molecule is COc1ccc(C2Nn3c(nnc3C3CCCCC3)SC2C(=O)c2ccc(F)cc2)cc1OC. The number of carbonyl (C=O) groups excluding carboxylic acids is 1. The number of rotatable bonds is 6. The predicted molar refractivity (Wildman–Crippen MR) is 128 cm³/mol. The van der Waals surface area contributed by atoms with Gasteiger partial charge < -0.3 is 14.9 Å². The molecule has 1 aliphatic heterocycles. The number of methoxy groups -OCH3 is 2. The van der Waals surface area contributed by atoms with Crippen molar-refractivity contribution in [1.82, 2.24) is 14.9 Å². The summed E-state index contributed by atoms with van der Waals surface area (Å²) in [5, 5.41) is 9.07. The number of carbonyl (C=O) groups is 1. The number of halogens is 1. The summed E-state index contributed by atoms with van der Waals surface area (Å²) in [6, 6.07) is 10.9. The van der Waals surface area contributed by atoms with Crippen molar-refractivity contribution in [3.8, 4) is 11.5 Å². The second-order valence-electron chi connectivity index (χ2n) is 8.64. The predicted octanol–water partition coefficient (Wildman–Crippen LogP) is 5.12. The summed E-state index contributed by atoms with van der Waals surface area (Å²) < 4.78 is 26.4. The molecule has 1 fully saturated rings. The molecular formula is C25H27FN4O3S. The maximum absolute atomic E-state index is 13.6. The molecule has 2 aliphatic rings. The molecule has 3 aromatic rings. The van der Waals surface area contributed by atoms with E-state index in [4.69, 9.17) is 9.47 Å². The summed E-state index contributed by atoms with van der Waals surface area (Å²) in [6.45, 7) is 0. The summed E-state index contributed by atoms with van der Waals surface area (Å²) in [7, 11) is 3.18. The molecule has 1 saturated carbocycles. The average Bonchev–Trinajstić information content (AvgIpc) is 3.31. The molecule has 1 aliphatic carbocycles. The lowest BCUT2D eigenvalue weighted by Crippen LogP contribution is -2.39. The van der Waals surface area contributed by atoms with E-state index in [2.05, 4.69) is 15.6 Å². The van der Waals surface area contributed by atoms with Crippen molar-refractivity contribution in [2.75, 3.05) is 19.6 Å². The zero-order chi connectivity index (χ0) is 23.7. The number of nitrogens with one attached hydrogen (secondary N) is 1. The molecule has 2 unspecified atom stereocenters. The van der Waals surface area contributed by atoms with Gasteiger partial charge in [-0.25, -0.2) is 9.07 Å². The molecule has 7 nitrogen and oxygen atoms in total. The van der Waals surface area contributed by atoms with Crippen LogP contribution in [0.3, 0.4) is 0 Å². The first-order valence-electron chi connectivity index (χ1n) is 11.5. The summed E-state index contributed by atoms with van der Waals surface area (Å²) in [6.07, 6.45) is 5.80. The standard InChI is InChI=1S/C25H27FN4O3S/c1-32-19-13-10-17(14-20(19)33-2)21-23(22(31)15-8-11-18(26)12-9-15)34-25-28-27-24(30(25)29-21)16-6-4-3-5-7-16/h8-14,16,21,23,29H,3-7H2,1-2H3. The maximum atomic E-state index is 13.6. The Morgan fingerprint density at radius 2 is 1.76 bits per heavy atom. The van der Waals surface area contributed by atoms with Gasteiger partial charge in [0, 0.05) is 11.5 Å². The van der Waals surface area contributed by atoms with Gasteiger partial charge in [-0.3, -0.25) is 4.79 Å². The number of hydrogen-bond donors (Lipinski definition) is 1. The van der Waals surface area contributed by atoms with Crippen molar-refractivity contribution >= 4 is 17.5 Å². The van der Waals surface area contributed by atoms with E-state index in [1.807, 2.05) is 22.9 Å². The normalized spacial score (nSPS) is 20.3. The molecule has 2 atom stereocenters. The van der Waals surface area contributed by atoms with E-state index in [-0.39, 0.29) is 17.6 Å². The van der Waals surface area contributed by atoms with Crippen molar-refractivity contribution in [1.29, 1.82) is 0 Å². The van der Waals surface area contributed by atoms with Gasteiger partial charge in [0.05, 0.1) is 20.3 Å². The molecule has 2 heterocycles. The molecule has 5 rings (SSSR count). The minimum atomic E-state index is -0.528. The van der Waals surface area contributed by atoms with E-state index in [0.717, 1.165) is 24.2 Å². The lowest BCUT2D eigenvalue weighted by Gasteiger charge is -2.34. The van der Waals surface area contributed by atoms with Crippen LogP contribution in [0.15, 0.2) is 47.6 Å². The second kappa shape index (κ2) is 9.66. The summed E-state index contributed by atoms with van der Waals surface area (Å²) in [4.78, 5) is 13.6. The quantitative estimate of drug-likeness (QED) is 0.488. The number of hydrogen-bond acceptors (Lipinski definition) is 7. The van der Waals surface area contributed by atoms with E-state index in [9.17, 15) is 9.18 Å². The summed E-state index contributed by atoms with van der Waals surface area (Å²) >= 11 is 1.39. The Kier molecular flexibility index (Phi) is 6.45. The van der Waals surface area contributed by atoms with Gasteiger partial charge in [-0.15, -0.1) is 10.2 Å². The molecule has 0 saturated heterocycles. The molecule has 0 spiro atoms. The Labute approximate surface area is 202 Å². The third kappa shape index (κ3) is 4.24. The van der Waals surface area contributed by atoms with Crippen molar-refractivity contribution in [2.45, 2.75) is 54.5 Å². The highest BCUT2D eigenvalue weighted by Crippen LogP contribution is 2.42. The van der Waals surface area contributed by atoms with Gasteiger partial charge in [-0.1, -0.05) is 37.1 Å². The fraction of sp³-hybridized carbons (Fsp3) is 0.400. The maximum Gasteiger partial charge on any atom is 0.210 e. The highest BCUT2D eigenvalue weighted by molar-refractivity contribution is 8.00.